The second kappa shape index (κ2) is 9.28. The first-order valence-electron chi connectivity index (χ1n) is 13.2. The molecule has 3 aromatic rings. The fourth-order valence-corrected chi connectivity index (χ4v) is 5.82. The number of hydrogen-bond donors (Lipinski definition) is 0. The molecule has 0 bridgehead atoms. The number of carbonyl (C=O) groups excluding carboxylic acids is 2. The van der Waals surface area contributed by atoms with Crippen molar-refractivity contribution < 1.29 is 9.59 Å². The molecule has 9 nitrogen and oxygen atoms in total. The summed E-state index contributed by atoms with van der Waals surface area (Å²) < 4.78 is 0. The van der Waals surface area contributed by atoms with Gasteiger partial charge >= 0.3 is 0 Å². The zero-order valence-corrected chi connectivity index (χ0v) is 21.7. The van der Waals surface area contributed by atoms with E-state index in [4.69, 9.17) is 15.0 Å². The van der Waals surface area contributed by atoms with Crippen LogP contribution in [-0.4, -0.2) is 75.3 Å². The van der Waals surface area contributed by atoms with Crippen molar-refractivity contribution in [1.29, 1.82) is 0 Å². The van der Waals surface area contributed by atoms with Gasteiger partial charge in [0.05, 0.1) is 18.1 Å². The van der Waals surface area contributed by atoms with Crippen LogP contribution in [0.5, 0.6) is 0 Å². The zero-order valence-electron chi connectivity index (χ0n) is 21.7. The number of amides is 2. The van der Waals surface area contributed by atoms with Crippen LogP contribution >= 0.6 is 0 Å². The number of carbonyl (C=O) groups is 2. The van der Waals surface area contributed by atoms with Crippen LogP contribution in [0.1, 0.15) is 61.3 Å². The van der Waals surface area contributed by atoms with Crippen molar-refractivity contribution in [3.63, 3.8) is 0 Å². The summed E-state index contributed by atoms with van der Waals surface area (Å²) in [6, 6.07) is 10.6. The zero-order chi connectivity index (χ0) is 25.7. The molecule has 0 saturated carbocycles. The van der Waals surface area contributed by atoms with Crippen LogP contribution in [0, 0.1) is 0 Å². The molecule has 5 heterocycles. The van der Waals surface area contributed by atoms with E-state index in [9.17, 15) is 9.59 Å². The van der Waals surface area contributed by atoms with Gasteiger partial charge in [0.1, 0.15) is 11.5 Å². The normalized spacial score (nSPS) is 19.9. The van der Waals surface area contributed by atoms with Gasteiger partial charge in [-0.25, -0.2) is 4.98 Å². The van der Waals surface area contributed by atoms with Gasteiger partial charge in [-0.1, -0.05) is 18.2 Å². The lowest BCUT2D eigenvalue weighted by molar-refractivity contribution is -0.129. The highest BCUT2D eigenvalue weighted by molar-refractivity contribution is 5.98. The van der Waals surface area contributed by atoms with E-state index in [1.165, 1.54) is 5.56 Å². The molecule has 37 heavy (non-hydrogen) atoms. The average molecular weight is 500 g/mol. The molecule has 9 heteroatoms. The van der Waals surface area contributed by atoms with Gasteiger partial charge in [-0.05, 0) is 44.4 Å². The Morgan fingerprint density at radius 3 is 2.59 bits per heavy atom. The molecule has 3 aliphatic heterocycles. The number of aromatic nitrogens is 3. The van der Waals surface area contributed by atoms with Gasteiger partial charge in [-0.15, -0.1) is 0 Å². The average Bonchev–Trinajstić information content (AvgIpc) is 3.53. The van der Waals surface area contributed by atoms with Gasteiger partial charge in [-0.2, -0.15) is 4.98 Å². The minimum absolute atomic E-state index is 0.0274. The van der Waals surface area contributed by atoms with Gasteiger partial charge in [0.2, 0.25) is 11.9 Å². The van der Waals surface area contributed by atoms with E-state index in [1.54, 1.807) is 6.92 Å². The highest BCUT2D eigenvalue weighted by atomic mass is 16.2. The largest absolute Gasteiger partial charge is 0.349 e. The van der Waals surface area contributed by atoms with Crippen LogP contribution in [0.15, 0.2) is 36.5 Å². The van der Waals surface area contributed by atoms with E-state index in [-0.39, 0.29) is 23.9 Å². The smallest absolute Gasteiger partial charge is 0.273 e. The molecule has 2 saturated heterocycles. The minimum Gasteiger partial charge on any atom is -0.349 e. The monoisotopic (exact) mass is 499 g/mol. The molecule has 0 aliphatic carbocycles. The number of nitrogens with zero attached hydrogens (tertiary/aromatic N) is 7. The van der Waals surface area contributed by atoms with Crippen molar-refractivity contribution in [2.45, 2.75) is 52.2 Å². The predicted molar refractivity (Wildman–Crippen MR) is 143 cm³/mol. The number of pyridine rings is 1. The van der Waals surface area contributed by atoms with Crippen LogP contribution in [-0.2, 0) is 11.3 Å². The number of hydrogen-bond acceptors (Lipinski definition) is 7. The molecule has 2 aromatic heterocycles. The Morgan fingerprint density at radius 2 is 1.84 bits per heavy atom. The number of benzene rings is 1. The van der Waals surface area contributed by atoms with Gasteiger partial charge in [0.15, 0.2) is 0 Å². The maximum absolute atomic E-state index is 13.4. The Morgan fingerprint density at radius 1 is 1.05 bits per heavy atom. The number of rotatable bonds is 4. The molecule has 1 atom stereocenters. The van der Waals surface area contributed by atoms with E-state index in [0.29, 0.717) is 44.4 Å². The van der Waals surface area contributed by atoms with Crippen molar-refractivity contribution >= 4 is 34.5 Å². The Hall–Kier alpha value is -3.75. The number of para-hydroxylation sites is 1. The quantitative estimate of drug-likeness (QED) is 0.544. The molecule has 2 amide bonds. The first-order valence-corrected chi connectivity index (χ1v) is 13.2. The van der Waals surface area contributed by atoms with Crippen LogP contribution in [0.25, 0.3) is 10.9 Å². The number of fused-ring (bicyclic) bond motifs is 2. The van der Waals surface area contributed by atoms with Crippen molar-refractivity contribution in [1.82, 2.24) is 24.8 Å². The second-order valence-corrected chi connectivity index (χ2v) is 10.5. The molecule has 1 aromatic carbocycles. The molecule has 6 rings (SSSR count). The fourth-order valence-electron chi connectivity index (χ4n) is 5.82. The second-order valence-electron chi connectivity index (χ2n) is 10.5. The number of anilines is 2. The van der Waals surface area contributed by atoms with E-state index in [1.807, 2.05) is 48.0 Å². The summed E-state index contributed by atoms with van der Waals surface area (Å²) >= 11 is 0. The third kappa shape index (κ3) is 4.16. The predicted octanol–water partition coefficient (Wildman–Crippen LogP) is 3.40. The molecule has 1 unspecified atom stereocenters. The van der Waals surface area contributed by atoms with Crippen LogP contribution in [0.4, 0.5) is 11.8 Å². The van der Waals surface area contributed by atoms with Gasteiger partial charge in [0, 0.05) is 62.8 Å². The lowest BCUT2D eigenvalue weighted by Crippen LogP contribution is -2.48. The molecule has 2 fully saturated rings. The minimum atomic E-state index is -0.0274. The van der Waals surface area contributed by atoms with E-state index in [0.717, 1.165) is 41.7 Å². The highest BCUT2D eigenvalue weighted by Crippen LogP contribution is 2.41. The maximum atomic E-state index is 13.4. The van der Waals surface area contributed by atoms with Crippen LogP contribution < -0.4 is 9.80 Å². The summed E-state index contributed by atoms with van der Waals surface area (Å²) in [5.74, 6) is 1.50. The molecular formula is C28H33N7O2. The summed E-state index contributed by atoms with van der Waals surface area (Å²) in [5.41, 5.74) is 3.60. The van der Waals surface area contributed by atoms with Crippen molar-refractivity contribution in [3.05, 3.63) is 53.3 Å². The molecule has 0 N–H and O–H groups in total. The Labute approximate surface area is 217 Å². The summed E-state index contributed by atoms with van der Waals surface area (Å²) in [6.07, 6.45) is 4.04. The fraction of sp³-hybridized carbons (Fsp3) is 0.464. The third-order valence-corrected chi connectivity index (χ3v) is 7.92. The maximum Gasteiger partial charge on any atom is 0.273 e. The molecule has 0 radical (unpaired) electrons. The molecule has 192 valence electrons. The Balaban J connectivity index is 1.40. The topological polar surface area (TPSA) is 85.8 Å². The molecular weight excluding hydrogens is 466 g/mol. The molecule has 0 spiro atoms. The van der Waals surface area contributed by atoms with Crippen molar-refractivity contribution in [2.24, 2.45) is 0 Å². The van der Waals surface area contributed by atoms with E-state index < -0.39 is 0 Å². The van der Waals surface area contributed by atoms with Gasteiger partial charge in [0.25, 0.3) is 5.91 Å². The van der Waals surface area contributed by atoms with Crippen molar-refractivity contribution in [3.8, 4) is 0 Å². The molecule has 3 aliphatic rings. The summed E-state index contributed by atoms with van der Waals surface area (Å²) in [5, 5.41) is 1.13. The Kier molecular flexibility index (Phi) is 5.93. The number of piperazine rings is 1. The standard InChI is InChI=1S/C28H33N7O2/c1-18(2)35-17-22-25(27(35)37)30-28(33-13-11-32(12-14-33)19(3)36)31-26(22)34-10-6-9-24(34)21-15-20-7-4-5-8-23(20)29-16-21/h4-5,7-8,15-16,18,24H,6,9-14,17H2,1-3H3. The summed E-state index contributed by atoms with van der Waals surface area (Å²) in [6.45, 7) is 9.64. The van der Waals surface area contributed by atoms with Crippen LogP contribution in [0.3, 0.4) is 0 Å². The first-order chi connectivity index (χ1) is 17.9. The third-order valence-electron chi connectivity index (χ3n) is 7.92. The summed E-state index contributed by atoms with van der Waals surface area (Å²) in [7, 11) is 0. The first kappa shape index (κ1) is 23.6. The van der Waals surface area contributed by atoms with Gasteiger partial charge < -0.3 is 19.6 Å². The van der Waals surface area contributed by atoms with Crippen molar-refractivity contribution in [2.75, 3.05) is 42.5 Å². The Bertz CT molecular complexity index is 1370. The lowest BCUT2D eigenvalue weighted by Gasteiger charge is -2.35. The van der Waals surface area contributed by atoms with E-state index >= 15 is 0 Å². The van der Waals surface area contributed by atoms with Crippen LogP contribution in [0.2, 0.25) is 0 Å². The van der Waals surface area contributed by atoms with E-state index in [2.05, 4.69) is 21.9 Å². The SMILES string of the molecule is CC(=O)N1CCN(c2nc3c(c(N4CCCC4c4cnc5ccccc5c4)n2)CN(C(C)C)C3=O)CC1. The van der Waals surface area contributed by atoms with Gasteiger partial charge in [-0.3, -0.25) is 14.6 Å². The lowest BCUT2D eigenvalue weighted by atomic mass is 10.0. The summed E-state index contributed by atoms with van der Waals surface area (Å²) in [4.78, 5) is 48.1. The highest BCUT2D eigenvalue weighted by Gasteiger charge is 2.39.